The first kappa shape index (κ1) is 21.6. The molecular weight excluding hydrogens is 410 g/mol. The highest BCUT2D eigenvalue weighted by atomic mass is 32.2. The second-order valence-electron chi connectivity index (χ2n) is 6.83. The molecular formula is C20H23N3O6S. The van der Waals surface area contributed by atoms with Gasteiger partial charge in [-0.2, -0.15) is 8.42 Å². The largest absolute Gasteiger partial charge is 0.493 e. The molecule has 0 radical (unpaired) electrons. The van der Waals surface area contributed by atoms with E-state index in [1.165, 1.54) is 18.0 Å². The minimum absolute atomic E-state index is 0.0840. The quantitative estimate of drug-likeness (QED) is 0.567. The highest BCUT2D eigenvalue weighted by molar-refractivity contribution is 7.87. The van der Waals surface area contributed by atoms with Gasteiger partial charge in [-0.1, -0.05) is 24.3 Å². The summed E-state index contributed by atoms with van der Waals surface area (Å²) in [6.07, 6.45) is 0.382. The van der Waals surface area contributed by atoms with Crippen LogP contribution in [-0.4, -0.2) is 49.4 Å². The summed E-state index contributed by atoms with van der Waals surface area (Å²) in [6.45, 7) is 0.301. The molecule has 0 bridgehead atoms. The number of carbonyl (C=O) groups is 2. The van der Waals surface area contributed by atoms with E-state index >= 15 is 0 Å². The average molecular weight is 433 g/mol. The molecule has 1 atom stereocenters. The van der Waals surface area contributed by atoms with Gasteiger partial charge in [-0.25, -0.2) is 0 Å². The van der Waals surface area contributed by atoms with Gasteiger partial charge in [0, 0.05) is 20.0 Å². The number of para-hydroxylation sites is 1. The Balaban J connectivity index is 1.75. The number of ether oxygens (including phenoxy) is 1. The van der Waals surface area contributed by atoms with Crippen molar-refractivity contribution in [3.63, 3.8) is 0 Å². The Kier molecular flexibility index (Phi) is 6.58. The van der Waals surface area contributed by atoms with Crippen LogP contribution in [0.1, 0.15) is 17.5 Å². The van der Waals surface area contributed by atoms with E-state index in [9.17, 15) is 18.0 Å². The number of fused-ring (bicyclic) bond motifs is 1. The Morgan fingerprint density at radius 3 is 2.57 bits per heavy atom. The maximum Gasteiger partial charge on any atom is 0.357 e. The minimum atomic E-state index is -4.41. The van der Waals surface area contributed by atoms with Gasteiger partial charge < -0.3 is 15.0 Å². The molecule has 1 aliphatic heterocycles. The fourth-order valence-corrected chi connectivity index (χ4v) is 3.80. The number of carbonyl (C=O) groups excluding carboxylic acids is 2. The number of anilines is 1. The van der Waals surface area contributed by atoms with Crippen LogP contribution < -0.4 is 14.8 Å². The van der Waals surface area contributed by atoms with Crippen molar-refractivity contribution in [2.75, 3.05) is 18.4 Å². The molecule has 2 aromatic rings. The molecule has 2 amide bonds. The number of likely N-dealkylation sites (N-methyl/N-ethyl adjacent to an activating group) is 1. The van der Waals surface area contributed by atoms with Gasteiger partial charge in [0.2, 0.25) is 11.8 Å². The third-order valence-corrected chi connectivity index (χ3v) is 5.27. The number of nitrogens with zero attached hydrogens (tertiary/aromatic N) is 1. The summed E-state index contributed by atoms with van der Waals surface area (Å²) in [5, 5.41) is 2.59. The molecule has 0 spiro atoms. The number of amides is 2. The van der Waals surface area contributed by atoms with E-state index < -0.39 is 16.3 Å². The van der Waals surface area contributed by atoms with Gasteiger partial charge >= 0.3 is 10.3 Å². The lowest BCUT2D eigenvalue weighted by Gasteiger charge is -2.36. The van der Waals surface area contributed by atoms with Gasteiger partial charge in [0.1, 0.15) is 11.8 Å². The summed E-state index contributed by atoms with van der Waals surface area (Å²) in [5.74, 6) is 0.120. The van der Waals surface area contributed by atoms with Crippen molar-refractivity contribution in [2.45, 2.75) is 25.4 Å². The maximum absolute atomic E-state index is 12.9. The standard InChI is InChI=1S/C20H23N3O6S/c1-21-20(25)18-12-14-7-8-16(22-30(26,27)28)11-15(14)13-23(18)19(24)9-10-29-17-5-3-2-4-6-17/h2-8,11,18,22H,9-10,12-13H2,1H3,(H,21,25)(H,26,27,28)/t18-/m0/s1. The van der Waals surface area contributed by atoms with Crippen LogP contribution in [0.5, 0.6) is 5.75 Å². The number of hydrogen-bond donors (Lipinski definition) is 3. The monoisotopic (exact) mass is 433 g/mol. The topological polar surface area (TPSA) is 125 Å². The predicted molar refractivity (Wildman–Crippen MR) is 110 cm³/mol. The molecule has 0 saturated heterocycles. The van der Waals surface area contributed by atoms with Crippen LogP contribution in [0.2, 0.25) is 0 Å². The predicted octanol–water partition coefficient (Wildman–Crippen LogP) is 1.37. The minimum Gasteiger partial charge on any atom is -0.493 e. The first-order chi connectivity index (χ1) is 14.3. The van der Waals surface area contributed by atoms with E-state index in [1.807, 2.05) is 22.9 Å². The highest BCUT2D eigenvalue weighted by Gasteiger charge is 2.34. The lowest BCUT2D eigenvalue weighted by Crippen LogP contribution is -2.52. The van der Waals surface area contributed by atoms with E-state index in [1.54, 1.807) is 24.3 Å². The Morgan fingerprint density at radius 1 is 1.17 bits per heavy atom. The molecule has 1 heterocycles. The number of hydrogen-bond acceptors (Lipinski definition) is 5. The SMILES string of the molecule is CNC(=O)[C@@H]1Cc2ccc(NS(=O)(=O)O)cc2CN1C(=O)CCOc1ccccc1. The zero-order valence-corrected chi connectivity index (χ0v) is 17.2. The summed E-state index contributed by atoms with van der Waals surface area (Å²) >= 11 is 0. The number of rotatable bonds is 7. The molecule has 30 heavy (non-hydrogen) atoms. The van der Waals surface area contributed by atoms with Crippen LogP contribution >= 0.6 is 0 Å². The second kappa shape index (κ2) is 9.14. The summed E-state index contributed by atoms with van der Waals surface area (Å²) < 4.78 is 38.7. The average Bonchev–Trinajstić information content (AvgIpc) is 2.71. The molecule has 3 N–H and O–H groups in total. The van der Waals surface area contributed by atoms with Crippen molar-refractivity contribution in [3.05, 3.63) is 59.7 Å². The maximum atomic E-state index is 12.9. The van der Waals surface area contributed by atoms with E-state index in [2.05, 4.69) is 5.32 Å². The first-order valence-corrected chi connectivity index (χ1v) is 10.8. The first-order valence-electron chi connectivity index (χ1n) is 9.33. The molecule has 10 heteroatoms. The van der Waals surface area contributed by atoms with E-state index in [0.717, 1.165) is 5.56 Å². The third kappa shape index (κ3) is 5.49. The van der Waals surface area contributed by atoms with Crippen LogP contribution in [-0.2, 0) is 32.9 Å². The fraction of sp³-hybridized carbons (Fsp3) is 0.300. The molecule has 0 aliphatic carbocycles. The lowest BCUT2D eigenvalue weighted by atomic mass is 9.92. The molecule has 160 valence electrons. The van der Waals surface area contributed by atoms with E-state index in [0.29, 0.717) is 17.7 Å². The molecule has 0 fully saturated rings. The summed E-state index contributed by atoms with van der Waals surface area (Å²) in [4.78, 5) is 26.7. The zero-order chi connectivity index (χ0) is 21.7. The van der Waals surface area contributed by atoms with E-state index in [-0.39, 0.29) is 37.1 Å². The van der Waals surface area contributed by atoms with Crippen LogP contribution in [0.3, 0.4) is 0 Å². The molecule has 1 aliphatic rings. The molecule has 0 unspecified atom stereocenters. The van der Waals surface area contributed by atoms with Crippen LogP contribution in [0.15, 0.2) is 48.5 Å². The summed E-state index contributed by atoms with van der Waals surface area (Å²) in [7, 11) is -2.90. The van der Waals surface area contributed by atoms with Crippen LogP contribution in [0.25, 0.3) is 0 Å². The Bertz CT molecular complexity index is 1030. The van der Waals surface area contributed by atoms with Gasteiger partial charge in [0.05, 0.1) is 18.7 Å². The van der Waals surface area contributed by atoms with Gasteiger partial charge in [-0.05, 0) is 35.4 Å². The Labute approximate surface area is 174 Å². The van der Waals surface area contributed by atoms with Crippen molar-refractivity contribution >= 4 is 27.8 Å². The second-order valence-corrected chi connectivity index (χ2v) is 7.98. The van der Waals surface area contributed by atoms with Gasteiger partial charge in [0.25, 0.3) is 0 Å². The van der Waals surface area contributed by atoms with E-state index in [4.69, 9.17) is 9.29 Å². The van der Waals surface area contributed by atoms with Gasteiger partial charge in [-0.15, -0.1) is 0 Å². The van der Waals surface area contributed by atoms with Crippen molar-refractivity contribution in [1.29, 1.82) is 0 Å². The molecule has 3 rings (SSSR count). The molecule has 0 saturated carbocycles. The summed E-state index contributed by atoms with van der Waals surface area (Å²) in [6, 6.07) is 13.2. The lowest BCUT2D eigenvalue weighted by molar-refractivity contribution is -0.142. The normalized spacial score (nSPS) is 15.8. The van der Waals surface area contributed by atoms with Crippen molar-refractivity contribution in [3.8, 4) is 5.75 Å². The van der Waals surface area contributed by atoms with Crippen molar-refractivity contribution in [1.82, 2.24) is 10.2 Å². The van der Waals surface area contributed by atoms with Gasteiger partial charge in [-0.3, -0.25) is 18.9 Å². The smallest absolute Gasteiger partial charge is 0.357 e. The fourth-order valence-electron chi connectivity index (χ4n) is 3.38. The Hall–Kier alpha value is -3.11. The van der Waals surface area contributed by atoms with Crippen LogP contribution in [0, 0.1) is 0 Å². The highest BCUT2D eigenvalue weighted by Crippen LogP contribution is 2.27. The molecule has 0 aromatic heterocycles. The Morgan fingerprint density at radius 2 is 1.90 bits per heavy atom. The number of benzene rings is 2. The van der Waals surface area contributed by atoms with Crippen molar-refractivity contribution in [2.24, 2.45) is 0 Å². The summed E-state index contributed by atoms with van der Waals surface area (Å²) in [5.41, 5.74) is 1.70. The molecule has 9 nitrogen and oxygen atoms in total. The third-order valence-electron chi connectivity index (χ3n) is 4.78. The van der Waals surface area contributed by atoms with Gasteiger partial charge in [0.15, 0.2) is 0 Å². The van der Waals surface area contributed by atoms with Crippen molar-refractivity contribution < 1.29 is 27.3 Å². The van der Waals surface area contributed by atoms with Crippen LogP contribution in [0.4, 0.5) is 5.69 Å². The number of nitrogens with one attached hydrogen (secondary N) is 2. The zero-order valence-electron chi connectivity index (χ0n) is 16.4. The molecule has 2 aromatic carbocycles.